The van der Waals surface area contributed by atoms with Crippen LogP contribution in [0.5, 0.6) is 0 Å². The zero-order valence-electron chi connectivity index (χ0n) is 12.8. The summed E-state index contributed by atoms with van der Waals surface area (Å²) in [5.41, 5.74) is 0.927. The van der Waals surface area contributed by atoms with Crippen molar-refractivity contribution in [2.24, 2.45) is 0 Å². The van der Waals surface area contributed by atoms with Crippen LogP contribution in [-0.4, -0.2) is 20.1 Å². The highest BCUT2D eigenvalue weighted by Gasteiger charge is 2.14. The number of hydrogen-bond donors (Lipinski definition) is 1. The quantitative estimate of drug-likeness (QED) is 0.705. The van der Waals surface area contributed by atoms with Gasteiger partial charge in [0.15, 0.2) is 0 Å². The van der Waals surface area contributed by atoms with Crippen LogP contribution < -0.4 is 9.83 Å². The molecule has 0 amide bonds. The Labute approximate surface area is 148 Å². The molecule has 2 aromatic rings. The van der Waals surface area contributed by atoms with E-state index in [1.165, 1.54) is 48.5 Å². The van der Waals surface area contributed by atoms with Crippen LogP contribution in [0.3, 0.4) is 0 Å². The Morgan fingerprint density at radius 2 is 1.68 bits per heavy atom. The number of hydrogen-bond acceptors (Lipinski definition) is 5. The zero-order chi connectivity index (χ0) is 18.4. The first-order valence-corrected chi connectivity index (χ1v) is 9.49. The number of anilines is 1. The van der Waals surface area contributed by atoms with Crippen LogP contribution in [0, 0.1) is 0 Å². The van der Waals surface area contributed by atoms with E-state index in [0.717, 1.165) is 0 Å². The number of aliphatic carboxylic acids is 1. The standard InChI is InChI=1S/C16H15F2NO4S2/c17-16(18)24-13-6-4-12(5-7-13)19-25(22,23)14-8-1-11(2-9-14)3-10-15(20)21/h1-2,4-9,16,19H,3,10H2,(H,20,21)/p-1. The molecule has 0 saturated carbocycles. The van der Waals surface area contributed by atoms with Gasteiger partial charge in [-0.25, -0.2) is 8.42 Å². The second-order valence-corrected chi connectivity index (χ2v) is 7.77. The molecule has 0 fully saturated rings. The van der Waals surface area contributed by atoms with E-state index in [-0.39, 0.29) is 23.4 Å². The summed E-state index contributed by atoms with van der Waals surface area (Å²) < 4.78 is 51.5. The Morgan fingerprint density at radius 1 is 1.08 bits per heavy atom. The molecule has 1 N–H and O–H groups in total. The van der Waals surface area contributed by atoms with Crippen molar-refractivity contribution in [2.45, 2.75) is 28.4 Å². The average Bonchev–Trinajstić information content (AvgIpc) is 2.54. The lowest BCUT2D eigenvalue weighted by atomic mass is 10.1. The number of carbonyl (C=O) groups is 1. The van der Waals surface area contributed by atoms with Gasteiger partial charge in [-0.1, -0.05) is 23.9 Å². The van der Waals surface area contributed by atoms with Crippen molar-refractivity contribution in [1.29, 1.82) is 0 Å². The van der Waals surface area contributed by atoms with E-state index in [1.54, 1.807) is 0 Å². The molecule has 0 unspecified atom stereocenters. The number of aryl methyl sites for hydroxylation is 1. The molecule has 0 aliphatic heterocycles. The van der Waals surface area contributed by atoms with Gasteiger partial charge < -0.3 is 9.90 Å². The maximum absolute atomic E-state index is 12.3. The van der Waals surface area contributed by atoms with Crippen molar-refractivity contribution in [3.05, 3.63) is 54.1 Å². The fraction of sp³-hybridized carbons (Fsp3) is 0.188. The topological polar surface area (TPSA) is 86.3 Å². The van der Waals surface area contributed by atoms with Gasteiger partial charge in [0.25, 0.3) is 15.8 Å². The molecule has 134 valence electrons. The number of carboxylic acid groups (broad SMARTS) is 1. The minimum Gasteiger partial charge on any atom is -0.550 e. The second kappa shape index (κ2) is 8.30. The van der Waals surface area contributed by atoms with Crippen LogP contribution in [0.25, 0.3) is 0 Å². The molecular weight excluding hydrogens is 372 g/mol. The predicted octanol–water partition coefficient (Wildman–Crippen LogP) is 2.48. The summed E-state index contributed by atoms with van der Waals surface area (Å²) in [7, 11) is -3.83. The Bertz CT molecular complexity index is 822. The molecule has 0 aromatic heterocycles. The molecule has 2 aromatic carbocycles. The Morgan fingerprint density at radius 3 is 2.20 bits per heavy atom. The summed E-state index contributed by atoms with van der Waals surface area (Å²) in [6, 6.07) is 11.4. The van der Waals surface area contributed by atoms with Crippen LogP contribution in [-0.2, 0) is 21.2 Å². The molecule has 0 radical (unpaired) electrons. The molecule has 5 nitrogen and oxygen atoms in total. The van der Waals surface area contributed by atoms with Crippen molar-refractivity contribution in [3.8, 4) is 0 Å². The number of carboxylic acids is 1. The Kier molecular flexibility index (Phi) is 6.38. The molecule has 0 heterocycles. The second-order valence-electron chi connectivity index (χ2n) is 5.02. The summed E-state index contributed by atoms with van der Waals surface area (Å²) in [6.45, 7) is 0. The highest BCUT2D eigenvalue weighted by atomic mass is 32.2. The van der Waals surface area contributed by atoms with Gasteiger partial charge in [0, 0.05) is 16.6 Å². The van der Waals surface area contributed by atoms with Crippen LogP contribution >= 0.6 is 11.8 Å². The summed E-state index contributed by atoms with van der Waals surface area (Å²) >= 11 is 0.373. The van der Waals surface area contributed by atoms with E-state index in [9.17, 15) is 27.1 Å². The van der Waals surface area contributed by atoms with Gasteiger partial charge in [-0.15, -0.1) is 0 Å². The van der Waals surface area contributed by atoms with Gasteiger partial charge in [-0.2, -0.15) is 8.78 Å². The number of carbonyl (C=O) groups excluding carboxylic acids is 1. The molecule has 0 spiro atoms. The van der Waals surface area contributed by atoms with Gasteiger partial charge in [0.2, 0.25) is 0 Å². The van der Waals surface area contributed by atoms with E-state index >= 15 is 0 Å². The SMILES string of the molecule is O=C([O-])CCc1ccc(S(=O)(=O)Nc2ccc(SC(F)F)cc2)cc1. The first kappa shape index (κ1) is 19.2. The number of rotatable bonds is 8. The van der Waals surface area contributed by atoms with Crippen molar-refractivity contribution >= 4 is 33.4 Å². The first-order chi connectivity index (χ1) is 11.8. The largest absolute Gasteiger partial charge is 0.550 e. The minimum absolute atomic E-state index is 0.00994. The van der Waals surface area contributed by atoms with Gasteiger partial charge in [-0.3, -0.25) is 4.72 Å². The molecule has 2 rings (SSSR count). The molecule has 0 atom stereocenters. The molecule has 0 aliphatic carbocycles. The highest BCUT2D eigenvalue weighted by molar-refractivity contribution is 7.99. The third-order valence-electron chi connectivity index (χ3n) is 3.18. The number of alkyl halides is 2. The number of thioether (sulfide) groups is 1. The van der Waals surface area contributed by atoms with E-state index in [1.807, 2.05) is 0 Å². The van der Waals surface area contributed by atoms with Gasteiger partial charge >= 0.3 is 0 Å². The third kappa shape index (κ3) is 6.02. The summed E-state index contributed by atoms with van der Waals surface area (Å²) in [5.74, 6) is -3.72. The van der Waals surface area contributed by atoms with Crippen molar-refractivity contribution in [3.63, 3.8) is 0 Å². The van der Waals surface area contributed by atoms with Crippen molar-refractivity contribution in [2.75, 3.05) is 4.72 Å². The van der Waals surface area contributed by atoms with Crippen LogP contribution in [0.2, 0.25) is 0 Å². The van der Waals surface area contributed by atoms with Gasteiger partial charge in [0.05, 0.1) is 4.90 Å². The first-order valence-electron chi connectivity index (χ1n) is 7.13. The lowest BCUT2D eigenvalue weighted by Crippen LogP contribution is -2.22. The monoisotopic (exact) mass is 386 g/mol. The molecule has 25 heavy (non-hydrogen) atoms. The normalized spacial score (nSPS) is 11.5. The molecule has 9 heteroatoms. The number of halogens is 2. The predicted molar refractivity (Wildman–Crippen MR) is 88.9 cm³/mol. The smallest absolute Gasteiger partial charge is 0.288 e. The summed E-state index contributed by atoms with van der Waals surface area (Å²) in [6.07, 6.45) is 0.104. The zero-order valence-corrected chi connectivity index (χ0v) is 14.4. The van der Waals surface area contributed by atoms with Gasteiger partial charge in [0.1, 0.15) is 0 Å². The van der Waals surface area contributed by atoms with Crippen LogP contribution in [0.15, 0.2) is 58.3 Å². The maximum Gasteiger partial charge on any atom is 0.288 e. The van der Waals surface area contributed by atoms with Crippen molar-refractivity contribution < 1.29 is 27.1 Å². The summed E-state index contributed by atoms with van der Waals surface area (Å²) in [5, 5.41) is 10.4. The van der Waals surface area contributed by atoms with E-state index in [2.05, 4.69) is 4.72 Å². The fourth-order valence-corrected chi connectivity index (χ4v) is 3.56. The maximum atomic E-state index is 12.3. The summed E-state index contributed by atoms with van der Waals surface area (Å²) in [4.78, 5) is 10.8. The average molecular weight is 386 g/mol. The van der Waals surface area contributed by atoms with Crippen molar-refractivity contribution in [1.82, 2.24) is 0 Å². The number of sulfonamides is 1. The van der Waals surface area contributed by atoms with E-state index in [4.69, 9.17) is 0 Å². The van der Waals surface area contributed by atoms with E-state index < -0.39 is 21.8 Å². The third-order valence-corrected chi connectivity index (χ3v) is 5.30. The van der Waals surface area contributed by atoms with E-state index in [0.29, 0.717) is 22.2 Å². The highest BCUT2D eigenvalue weighted by Crippen LogP contribution is 2.27. The number of benzene rings is 2. The number of nitrogens with one attached hydrogen (secondary N) is 1. The lowest BCUT2D eigenvalue weighted by molar-refractivity contribution is -0.305. The Balaban J connectivity index is 2.06. The molecule has 0 aliphatic rings. The van der Waals surface area contributed by atoms with Crippen LogP contribution in [0.1, 0.15) is 12.0 Å². The molecule has 0 bridgehead atoms. The molecular formula is C16H14F2NO4S2-. The van der Waals surface area contributed by atoms with Crippen LogP contribution in [0.4, 0.5) is 14.5 Å². The molecule has 0 saturated heterocycles. The van der Waals surface area contributed by atoms with Gasteiger partial charge in [-0.05, 0) is 54.8 Å². The Hall–Kier alpha value is -2.13. The minimum atomic E-state index is -3.83. The fourth-order valence-electron chi connectivity index (χ4n) is 2.00. The lowest BCUT2D eigenvalue weighted by Gasteiger charge is -2.10.